The molecule has 2 aromatic rings. The zero-order valence-corrected chi connectivity index (χ0v) is 9.64. The molecule has 2 rings (SSSR count). The summed E-state index contributed by atoms with van der Waals surface area (Å²) in [5.41, 5.74) is 0. The third-order valence-corrected chi connectivity index (χ3v) is 5.64. The van der Waals surface area contributed by atoms with E-state index in [2.05, 4.69) is 24.3 Å². The molecular formula is C12H10AlCl. The lowest BCUT2D eigenvalue weighted by Crippen LogP contribution is -2.36. The average molecular weight is 217 g/mol. The lowest BCUT2D eigenvalue weighted by atomic mass is 10.4. The van der Waals surface area contributed by atoms with Crippen LogP contribution in [0.5, 0.6) is 0 Å². The van der Waals surface area contributed by atoms with Gasteiger partial charge >= 0.3 is 13.2 Å². The first-order valence-electron chi connectivity index (χ1n) is 4.62. The zero-order valence-electron chi connectivity index (χ0n) is 7.73. The summed E-state index contributed by atoms with van der Waals surface area (Å²) >= 11 is -1.45. The first kappa shape index (κ1) is 9.80. The Kier molecular flexibility index (Phi) is 3.27. The molecule has 0 heterocycles. The fraction of sp³-hybridized carbons (Fsp3) is 0. The van der Waals surface area contributed by atoms with Crippen LogP contribution in [-0.4, -0.2) is 13.2 Å². The lowest BCUT2D eigenvalue weighted by Gasteiger charge is -2.03. The van der Waals surface area contributed by atoms with Crippen LogP contribution in [0.3, 0.4) is 0 Å². The summed E-state index contributed by atoms with van der Waals surface area (Å²) in [7, 11) is 6.47. The fourth-order valence-corrected chi connectivity index (χ4v) is 3.81. The highest BCUT2D eigenvalue weighted by molar-refractivity contribution is 7.21. The molecule has 68 valence electrons. The van der Waals surface area contributed by atoms with Crippen LogP contribution in [0.15, 0.2) is 60.7 Å². The van der Waals surface area contributed by atoms with Gasteiger partial charge in [0, 0.05) is 0 Å². The Balaban J connectivity index is 2.30. The number of halogens is 1. The summed E-state index contributed by atoms with van der Waals surface area (Å²) in [4.78, 5) is 0. The fourth-order valence-electron chi connectivity index (χ4n) is 1.44. The molecule has 2 aromatic carbocycles. The molecule has 0 aromatic heterocycles. The maximum atomic E-state index is 6.47. The summed E-state index contributed by atoms with van der Waals surface area (Å²) in [6.45, 7) is 0. The van der Waals surface area contributed by atoms with E-state index in [9.17, 15) is 0 Å². The molecule has 0 aliphatic carbocycles. The van der Waals surface area contributed by atoms with E-state index in [1.54, 1.807) is 0 Å². The predicted molar refractivity (Wildman–Crippen MR) is 63.8 cm³/mol. The molecule has 0 bridgehead atoms. The molecule has 0 radical (unpaired) electrons. The number of benzene rings is 2. The van der Waals surface area contributed by atoms with Crippen LogP contribution in [0.1, 0.15) is 0 Å². The molecular weight excluding hydrogens is 207 g/mol. The minimum absolute atomic E-state index is 1.28. The van der Waals surface area contributed by atoms with Crippen LogP contribution >= 0.6 is 10.0 Å². The van der Waals surface area contributed by atoms with Gasteiger partial charge in [-0.1, -0.05) is 69.5 Å². The van der Waals surface area contributed by atoms with Crippen LogP contribution in [0.4, 0.5) is 0 Å². The summed E-state index contributed by atoms with van der Waals surface area (Å²) in [5, 5.41) is 0. The van der Waals surface area contributed by atoms with Crippen molar-refractivity contribution in [3.05, 3.63) is 60.7 Å². The molecule has 0 unspecified atom stereocenters. The van der Waals surface area contributed by atoms with Crippen molar-refractivity contribution in [3.8, 4) is 0 Å². The Labute approximate surface area is 92.7 Å². The Morgan fingerprint density at radius 2 is 1.00 bits per heavy atom. The van der Waals surface area contributed by atoms with Gasteiger partial charge in [-0.05, 0) is 0 Å². The van der Waals surface area contributed by atoms with Crippen LogP contribution in [-0.2, 0) is 0 Å². The smallest absolute Gasteiger partial charge is 0.245 e. The minimum atomic E-state index is -1.45. The van der Waals surface area contributed by atoms with Gasteiger partial charge in [-0.25, -0.2) is 10.0 Å². The third kappa shape index (κ3) is 2.19. The van der Waals surface area contributed by atoms with Crippen LogP contribution in [0.2, 0.25) is 0 Å². The van der Waals surface area contributed by atoms with Crippen molar-refractivity contribution in [2.24, 2.45) is 0 Å². The maximum Gasteiger partial charge on any atom is 0.475 e. The second-order valence-electron chi connectivity index (χ2n) is 3.18. The number of hydrogen-bond acceptors (Lipinski definition) is 0. The van der Waals surface area contributed by atoms with Gasteiger partial charge < -0.3 is 0 Å². The summed E-state index contributed by atoms with van der Waals surface area (Å²) in [6.07, 6.45) is 0. The standard InChI is InChI=1S/2C6H5.Al.ClH/c2*1-2-4-6-5-3-1;;/h2*1-5H;;1H/q;;+1;/p-1. The highest BCUT2D eigenvalue weighted by Gasteiger charge is 2.19. The first-order valence-corrected chi connectivity index (χ1v) is 7.52. The Morgan fingerprint density at radius 3 is 1.36 bits per heavy atom. The summed E-state index contributed by atoms with van der Waals surface area (Å²) in [6, 6.07) is 20.6. The third-order valence-electron chi connectivity index (χ3n) is 2.18. The predicted octanol–water partition coefficient (Wildman–Crippen LogP) is 2.03. The van der Waals surface area contributed by atoms with Crippen molar-refractivity contribution in [2.45, 2.75) is 0 Å². The van der Waals surface area contributed by atoms with Gasteiger partial charge in [0.25, 0.3) is 0 Å². The molecule has 0 atom stereocenters. The van der Waals surface area contributed by atoms with Crippen LogP contribution in [0.25, 0.3) is 0 Å². The largest absolute Gasteiger partial charge is 0.475 e. The quantitative estimate of drug-likeness (QED) is 0.674. The topological polar surface area (TPSA) is 0 Å². The number of rotatable bonds is 2. The zero-order chi connectivity index (χ0) is 9.80. The van der Waals surface area contributed by atoms with Crippen molar-refractivity contribution in [1.82, 2.24) is 0 Å². The van der Waals surface area contributed by atoms with E-state index < -0.39 is 13.2 Å². The SMILES string of the molecule is [Cl][Al]([c]1ccccc1)[c]1ccccc1. The van der Waals surface area contributed by atoms with Gasteiger partial charge in [0.15, 0.2) is 0 Å². The van der Waals surface area contributed by atoms with Gasteiger partial charge in [-0.2, -0.15) is 0 Å². The van der Waals surface area contributed by atoms with E-state index >= 15 is 0 Å². The maximum absolute atomic E-state index is 6.47. The molecule has 0 saturated heterocycles. The van der Waals surface area contributed by atoms with Gasteiger partial charge in [0.2, 0.25) is 0 Å². The molecule has 0 spiro atoms. The Hall–Kier alpha value is -0.738. The highest BCUT2D eigenvalue weighted by Crippen LogP contribution is 1.95. The second kappa shape index (κ2) is 4.66. The summed E-state index contributed by atoms with van der Waals surface area (Å²) < 4.78 is 2.56. The van der Waals surface area contributed by atoms with Crippen LogP contribution < -0.4 is 8.85 Å². The second-order valence-corrected chi connectivity index (χ2v) is 6.55. The lowest BCUT2D eigenvalue weighted by molar-refractivity contribution is 1.74. The Bertz CT molecular complexity index is 346. The molecule has 14 heavy (non-hydrogen) atoms. The first-order chi connectivity index (χ1) is 6.88. The van der Waals surface area contributed by atoms with E-state index in [4.69, 9.17) is 10.0 Å². The monoisotopic (exact) mass is 216 g/mol. The van der Waals surface area contributed by atoms with Crippen molar-refractivity contribution >= 4 is 32.1 Å². The van der Waals surface area contributed by atoms with Crippen molar-refractivity contribution in [1.29, 1.82) is 0 Å². The molecule has 0 fully saturated rings. The highest BCUT2D eigenvalue weighted by atomic mass is 35.6. The van der Waals surface area contributed by atoms with Gasteiger partial charge in [0.05, 0.1) is 0 Å². The van der Waals surface area contributed by atoms with Crippen molar-refractivity contribution in [3.63, 3.8) is 0 Å². The Morgan fingerprint density at radius 1 is 0.643 bits per heavy atom. The molecule has 0 amide bonds. The van der Waals surface area contributed by atoms with Crippen molar-refractivity contribution < 1.29 is 0 Å². The van der Waals surface area contributed by atoms with E-state index in [0.717, 1.165) is 0 Å². The minimum Gasteiger partial charge on any atom is -0.245 e. The van der Waals surface area contributed by atoms with Crippen LogP contribution in [0, 0.1) is 0 Å². The van der Waals surface area contributed by atoms with Crippen molar-refractivity contribution in [2.75, 3.05) is 0 Å². The molecule has 0 aliphatic heterocycles. The normalized spacial score (nSPS) is 9.79. The van der Waals surface area contributed by atoms with E-state index in [-0.39, 0.29) is 0 Å². The average Bonchev–Trinajstić information content (AvgIpc) is 2.30. The number of hydrogen-bond donors (Lipinski definition) is 0. The van der Waals surface area contributed by atoms with E-state index in [1.807, 2.05) is 36.4 Å². The van der Waals surface area contributed by atoms with E-state index in [1.165, 1.54) is 8.85 Å². The molecule has 2 heteroatoms. The molecule has 0 nitrogen and oxygen atoms in total. The van der Waals surface area contributed by atoms with Gasteiger partial charge in [-0.15, -0.1) is 0 Å². The van der Waals surface area contributed by atoms with E-state index in [0.29, 0.717) is 0 Å². The summed E-state index contributed by atoms with van der Waals surface area (Å²) in [5.74, 6) is 0. The van der Waals surface area contributed by atoms with Gasteiger partial charge in [-0.3, -0.25) is 0 Å². The molecule has 0 aliphatic rings. The van der Waals surface area contributed by atoms with Gasteiger partial charge in [0.1, 0.15) is 0 Å². The molecule has 0 saturated carbocycles. The molecule has 0 N–H and O–H groups in total.